The SMILES string of the molecule is CC1CCCC(C)C1CCCCCCCCCCC1CCCCC1C=O. The number of carbonyl (C=O) groups excluding carboxylic acids is 1. The molecule has 0 N–H and O–H groups in total. The number of hydrogen-bond acceptors (Lipinski definition) is 1. The summed E-state index contributed by atoms with van der Waals surface area (Å²) in [6.45, 7) is 4.98. The Hall–Kier alpha value is -0.330. The average molecular weight is 363 g/mol. The van der Waals surface area contributed by atoms with Gasteiger partial charge in [-0.15, -0.1) is 0 Å². The van der Waals surface area contributed by atoms with Crippen LogP contribution in [0.25, 0.3) is 0 Å². The summed E-state index contributed by atoms with van der Waals surface area (Å²) in [4.78, 5) is 11.2. The molecular weight excluding hydrogens is 316 g/mol. The van der Waals surface area contributed by atoms with E-state index in [0.717, 1.165) is 24.2 Å². The van der Waals surface area contributed by atoms with Gasteiger partial charge < -0.3 is 4.79 Å². The number of aldehydes is 1. The molecule has 4 unspecified atom stereocenters. The molecule has 2 fully saturated rings. The fourth-order valence-corrected chi connectivity index (χ4v) is 5.94. The molecule has 0 amide bonds. The zero-order valence-corrected chi connectivity index (χ0v) is 17.9. The zero-order chi connectivity index (χ0) is 18.6. The summed E-state index contributed by atoms with van der Waals surface area (Å²) in [6, 6.07) is 0. The molecule has 1 heteroatoms. The van der Waals surface area contributed by atoms with E-state index in [4.69, 9.17) is 0 Å². The first-order chi connectivity index (χ1) is 12.7. The van der Waals surface area contributed by atoms with Crippen LogP contribution < -0.4 is 0 Å². The van der Waals surface area contributed by atoms with Gasteiger partial charge >= 0.3 is 0 Å². The van der Waals surface area contributed by atoms with Crippen molar-refractivity contribution in [3.63, 3.8) is 0 Å². The molecule has 4 atom stereocenters. The van der Waals surface area contributed by atoms with Crippen LogP contribution in [0.3, 0.4) is 0 Å². The maximum Gasteiger partial charge on any atom is 0.123 e. The van der Waals surface area contributed by atoms with Crippen LogP contribution in [0.4, 0.5) is 0 Å². The Labute approximate surface area is 164 Å². The molecular formula is C25H46O. The highest BCUT2D eigenvalue weighted by Crippen LogP contribution is 2.37. The van der Waals surface area contributed by atoms with Crippen LogP contribution in [-0.2, 0) is 4.79 Å². The van der Waals surface area contributed by atoms with Gasteiger partial charge in [-0.2, -0.15) is 0 Å². The lowest BCUT2D eigenvalue weighted by molar-refractivity contribution is -0.113. The van der Waals surface area contributed by atoms with E-state index in [1.807, 2.05) is 0 Å². The molecule has 152 valence electrons. The molecule has 2 rings (SSSR count). The maximum absolute atomic E-state index is 11.2. The van der Waals surface area contributed by atoms with Crippen molar-refractivity contribution in [1.29, 1.82) is 0 Å². The van der Waals surface area contributed by atoms with Crippen LogP contribution in [0, 0.1) is 29.6 Å². The van der Waals surface area contributed by atoms with Gasteiger partial charge in [0.25, 0.3) is 0 Å². The number of unbranched alkanes of at least 4 members (excludes halogenated alkanes) is 7. The molecule has 0 radical (unpaired) electrons. The second-order valence-corrected chi connectivity index (χ2v) is 9.80. The van der Waals surface area contributed by atoms with E-state index in [-0.39, 0.29) is 0 Å². The Morgan fingerprint density at radius 1 is 0.654 bits per heavy atom. The third kappa shape index (κ3) is 7.73. The molecule has 0 aromatic carbocycles. The topological polar surface area (TPSA) is 17.1 Å². The second-order valence-electron chi connectivity index (χ2n) is 9.80. The first kappa shape index (κ1) is 22.0. The van der Waals surface area contributed by atoms with E-state index < -0.39 is 0 Å². The molecule has 0 aliphatic heterocycles. The average Bonchev–Trinajstić information content (AvgIpc) is 2.65. The first-order valence-corrected chi connectivity index (χ1v) is 12.2. The number of rotatable bonds is 12. The van der Waals surface area contributed by atoms with Gasteiger partial charge in [0.1, 0.15) is 6.29 Å². The summed E-state index contributed by atoms with van der Waals surface area (Å²) in [5.41, 5.74) is 0. The highest BCUT2D eigenvalue weighted by Gasteiger charge is 2.26. The standard InChI is InChI=1S/C25H46O/c1-21-14-13-15-22(2)25(21)19-10-8-6-4-3-5-7-9-16-23-17-11-12-18-24(23)20-26/h20-25H,3-19H2,1-2H3. The van der Waals surface area contributed by atoms with E-state index in [0.29, 0.717) is 11.8 Å². The monoisotopic (exact) mass is 362 g/mol. The first-order valence-electron chi connectivity index (χ1n) is 12.2. The fraction of sp³-hybridized carbons (Fsp3) is 0.960. The highest BCUT2D eigenvalue weighted by atomic mass is 16.1. The van der Waals surface area contributed by atoms with E-state index >= 15 is 0 Å². The smallest absolute Gasteiger partial charge is 0.123 e. The van der Waals surface area contributed by atoms with Gasteiger partial charge in [0, 0.05) is 5.92 Å². The lowest BCUT2D eigenvalue weighted by Crippen LogP contribution is -2.24. The Bertz CT molecular complexity index is 353. The molecule has 0 aromatic heterocycles. The molecule has 0 bridgehead atoms. The minimum Gasteiger partial charge on any atom is -0.303 e. The largest absolute Gasteiger partial charge is 0.303 e. The van der Waals surface area contributed by atoms with Crippen LogP contribution in [0.2, 0.25) is 0 Å². The third-order valence-corrected chi connectivity index (χ3v) is 7.79. The molecule has 2 aliphatic carbocycles. The van der Waals surface area contributed by atoms with Crippen LogP contribution >= 0.6 is 0 Å². The van der Waals surface area contributed by atoms with Crippen molar-refractivity contribution in [3.05, 3.63) is 0 Å². The van der Waals surface area contributed by atoms with Crippen molar-refractivity contribution in [2.45, 2.75) is 123 Å². The quantitative estimate of drug-likeness (QED) is 0.254. The van der Waals surface area contributed by atoms with Crippen molar-refractivity contribution in [1.82, 2.24) is 0 Å². The lowest BCUT2D eigenvalue weighted by Gasteiger charge is -2.34. The van der Waals surface area contributed by atoms with Gasteiger partial charge in [-0.25, -0.2) is 0 Å². The van der Waals surface area contributed by atoms with Gasteiger partial charge in [0.05, 0.1) is 0 Å². The lowest BCUT2D eigenvalue weighted by atomic mass is 9.71. The minimum atomic E-state index is 0.387. The van der Waals surface area contributed by atoms with Gasteiger partial charge in [0.2, 0.25) is 0 Å². The molecule has 0 heterocycles. The van der Waals surface area contributed by atoms with Gasteiger partial charge in [-0.05, 0) is 49.4 Å². The van der Waals surface area contributed by atoms with E-state index in [2.05, 4.69) is 13.8 Å². The number of carbonyl (C=O) groups is 1. The fourth-order valence-electron chi connectivity index (χ4n) is 5.94. The number of hydrogen-bond donors (Lipinski definition) is 0. The van der Waals surface area contributed by atoms with Crippen LogP contribution in [0.1, 0.15) is 123 Å². The maximum atomic E-state index is 11.2. The van der Waals surface area contributed by atoms with E-state index in [1.54, 1.807) is 0 Å². The van der Waals surface area contributed by atoms with Gasteiger partial charge in [0.15, 0.2) is 0 Å². The van der Waals surface area contributed by atoms with Crippen molar-refractivity contribution < 1.29 is 4.79 Å². The Morgan fingerprint density at radius 2 is 1.19 bits per heavy atom. The summed E-state index contributed by atoms with van der Waals surface area (Å²) < 4.78 is 0. The zero-order valence-electron chi connectivity index (χ0n) is 17.9. The molecule has 2 aliphatic rings. The van der Waals surface area contributed by atoms with Gasteiger partial charge in [-0.3, -0.25) is 0 Å². The van der Waals surface area contributed by atoms with Crippen molar-refractivity contribution >= 4 is 6.29 Å². The normalized spacial score (nSPS) is 32.5. The highest BCUT2D eigenvalue weighted by molar-refractivity contribution is 5.54. The molecule has 0 saturated heterocycles. The Balaban J connectivity index is 1.39. The van der Waals surface area contributed by atoms with Crippen molar-refractivity contribution in [3.8, 4) is 0 Å². The second kappa shape index (κ2) is 12.9. The van der Waals surface area contributed by atoms with E-state index in [9.17, 15) is 4.79 Å². The summed E-state index contributed by atoms with van der Waals surface area (Å²) in [6.07, 6.45) is 25.0. The molecule has 1 nitrogen and oxygen atoms in total. The predicted octanol–water partition coefficient (Wildman–Crippen LogP) is 7.97. The summed E-state index contributed by atoms with van der Waals surface area (Å²) in [7, 11) is 0. The summed E-state index contributed by atoms with van der Waals surface area (Å²) in [5, 5.41) is 0. The summed E-state index contributed by atoms with van der Waals surface area (Å²) in [5.74, 6) is 4.06. The van der Waals surface area contributed by atoms with E-state index in [1.165, 1.54) is 109 Å². The predicted molar refractivity (Wildman–Crippen MR) is 113 cm³/mol. The minimum absolute atomic E-state index is 0.387. The van der Waals surface area contributed by atoms with Crippen molar-refractivity contribution in [2.24, 2.45) is 29.6 Å². The van der Waals surface area contributed by atoms with Crippen LogP contribution in [-0.4, -0.2) is 6.29 Å². The third-order valence-electron chi connectivity index (χ3n) is 7.79. The Kier molecular flexibility index (Phi) is 10.9. The van der Waals surface area contributed by atoms with Gasteiger partial charge in [-0.1, -0.05) is 97.3 Å². The molecule has 26 heavy (non-hydrogen) atoms. The van der Waals surface area contributed by atoms with Crippen LogP contribution in [0.15, 0.2) is 0 Å². The summed E-state index contributed by atoms with van der Waals surface area (Å²) >= 11 is 0. The van der Waals surface area contributed by atoms with Crippen molar-refractivity contribution in [2.75, 3.05) is 0 Å². The molecule has 0 aromatic rings. The Morgan fingerprint density at radius 3 is 1.81 bits per heavy atom. The molecule has 0 spiro atoms. The van der Waals surface area contributed by atoms with Crippen LogP contribution in [0.5, 0.6) is 0 Å². The molecule has 2 saturated carbocycles.